The Morgan fingerprint density at radius 2 is 1.53 bits per heavy atom. The molecule has 0 unspecified atom stereocenters. The van der Waals surface area contributed by atoms with E-state index in [4.69, 9.17) is 4.43 Å². The van der Waals surface area contributed by atoms with Crippen LogP contribution in [0.15, 0.2) is 82.5 Å². The highest BCUT2D eigenvalue weighted by Gasteiger charge is 2.49. The summed E-state index contributed by atoms with van der Waals surface area (Å²) in [5, 5.41) is 5.24. The fourth-order valence-corrected chi connectivity index (χ4v) is 8.83. The molecule has 0 fully saturated rings. The second kappa shape index (κ2) is 11.3. The van der Waals surface area contributed by atoms with Gasteiger partial charge >= 0.3 is 5.69 Å². The number of hydrogen-bond donors (Lipinski definition) is 2. The fraction of sp³-hybridized carbons (Fsp3) is 0.346. The topological polar surface area (TPSA) is 93.2 Å². The Morgan fingerprint density at radius 1 is 0.941 bits per heavy atom. The number of nitrogens with one attached hydrogen (secondary N) is 2. The number of hydrogen-bond acceptors (Lipinski definition) is 4. The molecule has 3 rings (SSSR count). The van der Waals surface area contributed by atoms with Crippen LogP contribution in [0.25, 0.3) is 0 Å². The third-order valence-electron chi connectivity index (χ3n) is 5.84. The molecular weight excluding hydrogens is 446 g/mol. The number of nitrogens with zero attached hydrogens (tertiary/aromatic N) is 1. The summed E-state index contributed by atoms with van der Waals surface area (Å²) >= 11 is 0. The van der Waals surface area contributed by atoms with E-state index in [1.165, 1.54) is 27.2 Å². The minimum Gasteiger partial charge on any atom is -0.407 e. The highest BCUT2D eigenvalue weighted by molar-refractivity contribution is 6.99. The maximum absolute atomic E-state index is 12.2. The zero-order valence-electron chi connectivity index (χ0n) is 20.0. The molecule has 8 heteroatoms. The van der Waals surface area contributed by atoms with Crippen LogP contribution in [0.1, 0.15) is 33.6 Å². The monoisotopic (exact) mass is 479 g/mol. The molecule has 3 aromatic rings. The molecule has 0 saturated heterocycles. The molecule has 180 valence electrons. The van der Waals surface area contributed by atoms with Crippen LogP contribution in [0.4, 0.5) is 0 Å². The number of H-pyrrole nitrogens is 1. The Balaban J connectivity index is 1.60. The van der Waals surface area contributed by atoms with Gasteiger partial charge in [-0.15, -0.1) is 0 Å². The van der Waals surface area contributed by atoms with Crippen LogP contribution in [0.3, 0.4) is 0 Å². The summed E-state index contributed by atoms with van der Waals surface area (Å²) in [6.45, 7) is 7.69. The first-order valence-corrected chi connectivity index (χ1v) is 13.5. The van der Waals surface area contributed by atoms with Crippen LogP contribution in [-0.4, -0.2) is 36.9 Å². The molecule has 2 aromatic carbocycles. The summed E-state index contributed by atoms with van der Waals surface area (Å²) in [7, 11) is -2.55. The van der Waals surface area contributed by atoms with E-state index < -0.39 is 19.6 Å². The van der Waals surface area contributed by atoms with Crippen molar-refractivity contribution in [1.29, 1.82) is 0 Å². The molecule has 1 heterocycles. The predicted molar refractivity (Wildman–Crippen MR) is 137 cm³/mol. The second-order valence-corrected chi connectivity index (χ2v) is 13.6. The molecule has 0 atom stereocenters. The van der Waals surface area contributed by atoms with E-state index in [0.29, 0.717) is 13.2 Å². The average Bonchev–Trinajstić information content (AvgIpc) is 2.81. The van der Waals surface area contributed by atoms with Gasteiger partial charge in [0.05, 0.1) is 0 Å². The summed E-state index contributed by atoms with van der Waals surface area (Å²) in [5.74, 6) is -0.276. The molecule has 0 radical (unpaired) electrons. The van der Waals surface area contributed by atoms with Gasteiger partial charge in [0.1, 0.15) is 6.54 Å². The van der Waals surface area contributed by atoms with Gasteiger partial charge in [-0.2, -0.15) is 0 Å². The Kier molecular flexibility index (Phi) is 8.41. The largest absolute Gasteiger partial charge is 0.407 e. The van der Waals surface area contributed by atoms with Crippen LogP contribution in [0.2, 0.25) is 5.04 Å². The SMILES string of the molecule is CC(C)(C)[Si](OCCCCNC(=O)Cn1ccc(=O)[nH]c1=O)(c1ccccc1)c1ccccc1. The van der Waals surface area contributed by atoms with Crippen molar-refractivity contribution in [3.05, 3.63) is 93.8 Å². The van der Waals surface area contributed by atoms with Gasteiger partial charge in [0.25, 0.3) is 13.9 Å². The van der Waals surface area contributed by atoms with E-state index in [-0.39, 0.29) is 17.5 Å². The average molecular weight is 480 g/mol. The summed E-state index contributed by atoms with van der Waals surface area (Å²) in [6, 6.07) is 22.2. The smallest absolute Gasteiger partial charge is 0.328 e. The third kappa shape index (κ3) is 6.01. The summed E-state index contributed by atoms with van der Waals surface area (Å²) in [5.41, 5.74) is -1.08. The van der Waals surface area contributed by atoms with E-state index >= 15 is 0 Å². The molecule has 7 nitrogen and oxygen atoms in total. The Morgan fingerprint density at radius 3 is 2.06 bits per heavy atom. The normalized spacial score (nSPS) is 11.9. The van der Waals surface area contributed by atoms with E-state index in [9.17, 15) is 14.4 Å². The number of carbonyl (C=O) groups excluding carboxylic acids is 1. The second-order valence-electron chi connectivity index (χ2n) is 9.31. The Labute approximate surface area is 200 Å². The molecule has 0 bridgehead atoms. The van der Waals surface area contributed by atoms with Gasteiger partial charge in [0, 0.05) is 25.4 Å². The van der Waals surface area contributed by atoms with Crippen LogP contribution >= 0.6 is 0 Å². The van der Waals surface area contributed by atoms with E-state index in [2.05, 4.69) is 79.6 Å². The Hall–Kier alpha value is -3.23. The highest BCUT2D eigenvalue weighted by atomic mass is 28.4. The van der Waals surface area contributed by atoms with Crippen molar-refractivity contribution in [3.63, 3.8) is 0 Å². The van der Waals surface area contributed by atoms with Crippen LogP contribution in [-0.2, 0) is 15.8 Å². The lowest BCUT2D eigenvalue weighted by atomic mass is 10.2. The van der Waals surface area contributed by atoms with Crippen LogP contribution in [0, 0.1) is 0 Å². The molecule has 1 aromatic heterocycles. The van der Waals surface area contributed by atoms with Crippen molar-refractivity contribution in [3.8, 4) is 0 Å². The van der Waals surface area contributed by atoms with E-state index in [1.54, 1.807) is 0 Å². The van der Waals surface area contributed by atoms with Gasteiger partial charge in [0.15, 0.2) is 0 Å². The van der Waals surface area contributed by atoms with Crippen LogP contribution < -0.4 is 26.9 Å². The Bertz CT molecular complexity index is 1140. The third-order valence-corrected chi connectivity index (χ3v) is 10.9. The molecular formula is C26H33N3O4Si. The lowest BCUT2D eigenvalue weighted by Crippen LogP contribution is -2.66. The first-order chi connectivity index (χ1) is 16.2. The number of benzene rings is 2. The van der Waals surface area contributed by atoms with Gasteiger partial charge in [-0.3, -0.25) is 19.1 Å². The molecule has 0 spiro atoms. The first-order valence-electron chi connectivity index (χ1n) is 11.6. The molecule has 1 amide bonds. The summed E-state index contributed by atoms with van der Waals surface area (Å²) in [6.07, 6.45) is 2.87. The maximum Gasteiger partial charge on any atom is 0.328 e. The molecule has 2 N–H and O–H groups in total. The minimum atomic E-state index is -2.55. The van der Waals surface area contributed by atoms with Gasteiger partial charge in [-0.25, -0.2) is 4.79 Å². The van der Waals surface area contributed by atoms with Crippen molar-refractivity contribution in [2.75, 3.05) is 13.2 Å². The number of unbranched alkanes of at least 4 members (excludes halogenated alkanes) is 1. The highest BCUT2D eigenvalue weighted by Crippen LogP contribution is 2.36. The number of carbonyl (C=O) groups is 1. The quantitative estimate of drug-likeness (QED) is 0.344. The zero-order chi connectivity index (χ0) is 24.6. The lowest BCUT2D eigenvalue weighted by Gasteiger charge is -2.43. The number of rotatable bonds is 10. The van der Waals surface area contributed by atoms with Crippen LogP contribution in [0.5, 0.6) is 0 Å². The summed E-state index contributed by atoms with van der Waals surface area (Å²) < 4.78 is 8.01. The van der Waals surface area contributed by atoms with Crippen molar-refractivity contribution in [1.82, 2.24) is 14.9 Å². The van der Waals surface area contributed by atoms with Gasteiger partial charge in [0.2, 0.25) is 5.91 Å². The van der Waals surface area contributed by atoms with Crippen molar-refractivity contribution < 1.29 is 9.22 Å². The van der Waals surface area contributed by atoms with E-state index in [1.807, 2.05) is 12.1 Å². The minimum absolute atomic E-state index is 0.0756. The standard InChI is InChI=1S/C26H33N3O4Si/c1-26(2,3)34(21-12-6-4-7-13-21,22-14-8-5-9-15-22)33-19-11-10-17-27-24(31)20-29-18-16-23(30)28-25(29)32/h4-9,12-16,18H,10-11,17,19-20H2,1-3H3,(H,27,31)(H,28,30,32). The number of amides is 1. The first kappa shape index (κ1) is 25.4. The zero-order valence-corrected chi connectivity index (χ0v) is 21.0. The molecule has 0 aliphatic rings. The fourth-order valence-electron chi connectivity index (χ4n) is 4.22. The predicted octanol–water partition coefficient (Wildman–Crippen LogP) is 2.01. The lowest BCUT2D eigenvalue weighted by molar-refractivity contribution is -0.121. The van der Waals surface area contributed by atoms with Gasteiger partial charge in [-0.1, -0.05) is 81.4 Å². The molecule has 0 saturated carbocycles. The number of aromatic nitrogens is 2. The molecule has 0 aliphatic heterocycles. The van der Waals surface area contributed by atoms with Crippen molar-refractivity contribution in [2.45, 2.75) is 45.2 Å². The van der Waals surface area contributed by atoms with Gasteiger partial charge in [-0.05, 0) is 28.3 Å². The van der Waals surface area contributed by atoms with E-state index in [0.717, 1.165) is 12.8 Å². The maximum atomic E-state index is 12.2. The van der Waals surface area contributed by atoms with Crippen molar-refractivity contribution >= 4 is 24.6 Å². The summed E-state index contributed by atoms with van der Waals surface area (Å²) in [4.78, 5) is 37.1. The molecule has 34 heavy (non-hydrogen) atoms. The molecule has 0 aliphatic carbocycles. The van der Waals surface area contributed by atoms with Crippen molar-refractivity contribution in [2.24, 2.45) is 0 Å². The number of aromatic amines is 1. The van der Waals surface area contributed by atoms with Gasteiger partial charge < -0.3 is 9.74 Å².